The van der Waals surface area contributed by atoms with Gasteiger partial charge >= 0.3 is 0 Å². The average molecular weight is 368 g/mol. The Labute approximate surface area is 127 Å². The summed E-state index contributed by atoms with van der Waals surface area (Å²) in [5, 5.41) is 0. The Morgan fingerprint density at radius 3 is 2.95 bits per heavy atom. The number of piperidine rings is 1. The third-order valence-corrected chi connectivity index (χ3v) is 5.80. The molecule has 0 bridgehead atoms. The summed E-state index contributed by atoms with van der Waals surface area (Å²) in [5.41, 5.74) is 0. The normalized spacial score (nSPS) is 21.5. The zero-order chi connectivity index (χ0) is 13.9. The summed E-state index contributed by atoms with van der Waals surface area (Å²) < 4.78 is 27.3. The van der Waals surface area contributed by atoms with Gasteiger partial charge in [-0.15, -0.1) is 11.6 Å². The van der Waals surface area contributed by atoms with Gasteiger partial charge in [-0.05, 0) is 47.2 Å². The molecule has 0 aromatic carbocycles. The minimum absolute atomic E-state index is 0.244. The van der Waals surface area contributed by atoms with Crippen LogP contribution in [0.15, 0.2) is 27.8 Å². The Hall–Kier alpha value is -0.170. The third-order valence-electron chi connectivity index (χ3n) is 3.32. The van der Waals surface area contributed by atoms with Gasteiger partial charge in [-0.25, -0.2) is 8.42 Å². The second-order valence-corrected chi connectivity index (χ2v) is 7.92. The fourth-order valence-electron chi connectivity index (χ4n) is 2.32. The lowest BCUT2D eigenvalue weighted by Crippen LogP contribution is -2.40. The number of hydrogen-bond acceptors (Lipinski definition) is 3. The molecule has 0 aliphatic carbocycles. The van der Waals surface area contributed by atoms with Crippen LogP contribution < -0.4 is 0 Å². The highest BCUT2D eigenvalue weighted by molar-refractivity contribution is 9.10. The van der Waals surface area contributed by atoms with Crippen LogP contribution in [0.2, 0.25) is 0 Å². The van der Waals surface area contributed by atoms with E-state index in [9.17, 15) is 8.42 Å². The highest BCUT2D eigenvalue weighted by Crippen LogP contribution is 2.26. The van der Waals surface area contributed by atoms with E-state index in [4.69, 9.17) is 11.6 Å². The molecule has 0 N–H and O–H groups in total. The van der Waals surface area contributed by atoms with E-state index in [0.717, 1.165) is 19.3 Å². The van der Waals surface area contributed by atoms with Crippen molar-refractivity contribution in [3.63, 3.8) is 0 Å². The summed E-state index contributed by atoms with van der Waals surface area (Å²) >= 11 is 9.00. The van der Waals surface area contributed by atoms with Gasteiger partial charge in [0.2, 0.25) is 10.0 Å². The van der Waals surface area contributed by atoms with Crippen molar-refractivity contribution in [1.82, 2.24) is 9.29 Å². The van der Waals surface area contributed by atoms with Gasteiger partial charge in [-0.3, -0.25) is 4.98 Å². The molecule has 1 saturated heterocycles. The number of sulfonamides is 1. The van der Waals surface area contributed by atoms with Crippen LogP contribution in [0.5, 0.6) is 0 Å². The van der Waals surface area contributed by atoms with Crippen molar-refractivity contribution >= 4 is 37.6 Å². The first kappa shape index (κ1) is 15.2. The molecule has 0 radical (unpaired) electrons. The summed E-state index contributed by atoms with van der Waals surface area (Å²) in [6.07, 6.45) is 5.78. The molecule has 1 aliphatic heterocycles. The molecule has 1 aromatic rings. The molecule has 19 heavy (non-hydrogen) atoms. The second-order valence-electron chi connectivity index (χ2n) is 4.69. The Morgan fingerprint density at radius 1 is 1.47 bits per heavy atom. The van der Waals surface area contributed by atoms with Crippen molar-refractivity contribution in [3.8, 4) is 0 Å². The maximum absolute atomic E-state index is 12.5. The largest absolute Gasteiger partial charge is 0.262 e. The van der Waals surface area contributed by atoms with E-state index in [0.29, 0.717) is 29.4 Å². The van der Waals surface area contributed by atoms with Crippen LogP contribution in [0.1, 0.15) is 19.3 Å². The van der Waals surface area contributed by atoms with E-state index >= 15 is 0 Å². The monoisotopic (exact) mass is 366 g/mol. The van der Waals surface area contributed by atoms with E-state index in [-0.39, 0.29) is 4.90 Å². The van der Waals surface area contributed by atoms with Crippen molar-refractivity contribution in [2.45, 2.75) is 24.2 Å². The predicted molar refractivity (Wildman–Crippen MR) is 78.8 cm³/mol. The van der Waals surface area contributed by atoms with Crippen LogP contribution in [0.3, 0.4) is 0 Å². The highest BCUT2D eigenvalue weighted by Gasteiger charge is 2.30. The Bertz CT molecular complexity index is 536. The lowest BCUT2D eigenvalue weighted by atomic mass is 9.97. The number of alkyl halides is 1. The van der Waals surface area contributed by atoms with Gasteiger partial charge in [0, 0.05) is 35.8 Å². The predicted octanol–water partition coefficient (Wildman–Crippen LogP) is 2.87. The van der Waals surface area contributed by atoms with Gasteiger partial charge in [0.05, 0.1) is 0 Å². The molecule has 106 valence electrons. The maximum Gasteiger partial charge on any atom is 0.244 e. The summed E-state index contributed by atoms with van der Waals surface area (Å²) in [4.78, 5) is 4.17. The smallest absolute Gasteiger partial charge is 0.244 e. The Kier molecular flexibility index (Phi) is 5.22. The van der Waals surface area contributed by atoms with Crippen LogP contribution in [0.25, 0.3) is 0 Å². The molecule has 7 heteroatoms. The topological polar surface area (TPSA) is 50.3 Å². The molecule has 2 rings (SSSR count). The molecule has 1 unspecified atom stereocenters. The van der Waals surface area contributed by atoms with E-state index < -0.39 is 10.0 Å². The molecular formula is C12H16BrClN2O2S. The maximum atomic E-state index is 12.5. The number of halogens is 2. The average Bonchev–Trinajstić information content (AvgIpc) is 2.39. The number of pyridine rings is 1. The Balaban J connectivity index is 2.19. The van der Waals surface area contributed by atoms with Crippen molar-refractivity contribution in [2.24, 2.45) is 5.92 Å². The summed E-state index contributed by atoms with van der Waals surface area (Å²) in [5.74, 6) is 0.943. The molecule has 0 saturated carbocycles. The van der Waals surface area contributed by atoms with Crippen molar-refractivity contribution in [1.29, 1.82) is 0 Å². The van der Waals surface area contributed by atoms with E-state index in [1.807, 2.05) is 0 Å². The van der Waals surface area contributed by atoms with Gasteiger partial charge in [-0.2, -0.15) is 4.31 Å². The summed E-state index contributed by atoms with van der Waals surface area (Å²) in [7, 11) is -3.44. The number of aromatic nitrogens is 1. The van der Waals surface area contributed by atoms with Gasteiger partial charge in [0.1, 0.15) is 4.90 Å². The SMILES string of the molecule is O=S(=O)(c1cncc(Br)c1)N1CCCC(CCCl)C1. The lowest BCUT2D eigenvalue weighted by Gasteiger charge is -2.31. The van der Waals surface area contributed by atoms with Crippen molar-refractivity contribution < 1.29 is 8.42 Å². The number of hydrogen-bond donors (Lipinski definition) is 0. The van der Waals surface area contributed by atoms with Crippen LogP contribution in [0, 0.1) is 5.92 Å². The third kappa shape index (κ3) is 3.68. The van der Waals surface area contributed by atoms with Crippen LogP contribution in [-0.4, -0.2) is 36.7 Å². The molecular weight excluding hydrogens is 352 g/mol. The van der Waals surface area contributed by atoms with E-state index in [1.165, 1.54) is 6.20 Å². The molecule has 2 heterocycles. The van der Waals surface area contributed by atoms with Crippen LogP contribution in [-0.2, 0) is 10.0 Å². The molecule has 4 nitrogen and oxygen atoms in total. The molecule has 1 atom stereocenters. The molecule has 1 aromatic heterocycles. The lowest BCUT2D eigenvalue weighted by molar-refractivity contribution is 0.262. The standard InChI is InChI=1S/C12H16BrClN2O2S/c13-11-6-12(8-15-7-11)19(17,18)16-5-1-2-10(9-16)3-4-14/h6-8,10H,1-5,9H2. The van der Waals surface area contributed by atoms with Gasteiger partial charge in [-0.1, -0.05) is 0 Å². The van der Waals surface area contributed by atoms with Crippen LogP contribution >= 0.6 is 27.5 Å². The quantitative estimate of drug-likeness (QED) is 0.769. The fourth-order valence-corrected chi connectivity index (χ4v) is 4.69. The zero-order valence-electron chi connectivity index (χ0n) is 10.4. The molecule has 0 amide bonds. The molecule has 0 spiro atoms. The van der Waals surface area contributed by atoms with E-state index in [2.05, 4.69) is 20.9 Å². The molecule has 1 fully saturated rings. The first-order chi connectivity index (χ1) is 9.04. The first-order valence-corrected chi connectivity index (χ1v) is 8.97. The Morgan fingerprint density at radius 2 is 2.26 bits per heavy atom. The fraction of sp³-hybridized carbons (Fsp3) is 0.583. The van der Waals surface area contributed by atoms with Gasteiger partial charge < -0.3 is 0 Å². The molecule has 1 aliphatic rings. The van der Waals surface area contributed by atoms with Crippen molar-refractivity contribution in [3.05, 3.63) is 22.9 Å². The minimum atomic E-state index is -3.44. The summed E-state index contributed by atoms with van der Waals surface area (Å²) in [6, 6.07) is 1.59. The number of rotatable bonds is 4. The highest BCUT2D eigenvalue weighted by atomic mass is 79.9. The minimum Gasteiger partial charge on any atom is -0.262 e. The van der Waals surface area contributed by atoms with Crippen LogP contribution in [0.4, 0.5) is 0 Å². The summed E-state index contributed by atoms with van der Waals surface area (Å²) in [6.45, 7) is 1.13. The van der Waals surface area contributed by atoms with Gasteiger partial charge in [0.15, 0.2) is 0 Å². The van der Waals surface area contributed by atoms with Gasteiger partial charge in [0.25, 0.3) is 0 Å². The van der Waals surface area contributed by atoms with E-state index in [1.54, 1.807) is 16.6 Å². The number of nitrogens with zero attached hydrogens (tertiary/aromatic N) is 2. The van der Waals surface area contributed by atoms with Crippen molar-refractivity contribution in [2.75, 3.05) is 19.0 Å². The first-order valence-electron chi connectivity index (χ1n) is 6.20. The zero-order valence-corrected chi connectivity index (χ0v) is 13.6. The second kappa shape index (κ2) is 6.52.